The quantitative estimate of drug-likeness (QED) is 0.767. The van der Waals surface area contributed by atoms with E-state index < -0.39 is 11.6 Å². The fourth-order valence-electron chi connectivity index (χ4n) is 5.34. The van der Waals surface area contributed by atoms with Crippen molar-refractivity contribution in [3.05, 3.63) is 59.2 Å². The summed E-state index contributed by atoms with van der Waals surface area (Å²) in [6.45, 7) is 1.54. The average Bonchev–Trinajstić information content (AvgIpc) is 3.13. The highest BCUT2D eigenvalue weighted by atomic mass is 16.2. The molecule has 2 saturated heterocycles. The van der Waals surface area contributed by atoms with Crippen molar-refractivity contribution in [3.8, 4) is 17.2 Å². The number of benzene rings is 2. The zero-order valence-corrected chi connectivity index (χ0v) is 18.4. The maximum Gasteiger partial charge on any atom is 0.254 e. The Morgan fingerprint density at radius 1 is 1.22 bits per heavy atom. The van der Waals surface area contributed by atoms with Crippen LogP contribution in [0.15, 0.2) is 42.5 Å². The van der Waals surface area contributed by atoms with Gasteiger partial charge in [-0.15, -0.1) is 0 Å². The van der Waals surface area contributed by atoms with Crippen molar-refractivity contribution in [2.75, 3.05) is 13.6 Å². The van der Waals surface area contributed by atoms with E-state index >= 15 is 0 Å². The van der Waals surface area contributed by atoms with E-state index in [2.05, 4.69) is 22.8 Å². The smallest absolute Gasteiger partial charge is 0.254 e. The molecule has 3 fully saturated rings. The summed E-state index contributed by atoms with van der Waals surface area (Å²) in [4.78, 5) is 26.8. The van der Waals surface area contributed by atoms with Gasteiger partial charge in [-0.1, -0.05) is 30.3 Å². The number of carbonyl (C=O) groups excluding carboxylic acids is 2. The first kappa shape index (κ1) is 20.7. The molecule has 3 heterocycles. The average molecular weight is 429 g/mol. The van der Waals surface area contributed by atoms with Crippen molar-refractivity contribution in [2.24, 2.45) is 5.92 Å². The monoisotopic (exact) mass is 428 g/mol. The Bertz CT molecular complexity index is 1080. The lowest BCUT2D eigenvalue weighted by molar-refractivity contribution is -0.131. The third-order valence-electron chi connectivity index (χ3n) is 7.40. The molecule has 0 aromatic heterocycles. The summed E-state index contributed by atoms with van der Waals surface area (Å²) >= 11 is 0. The molecule has 0 radical (unpaired) electrons. The number of rotatable bonds is 5. The molecule has 2 N–H and O–H groups in total. The van der Waals surface area contributed by atoms with Gasteiger partial charge in [-0.2, -0.15) is 5.26 Å². The second kappa shape index (κ2) is 8.07. The minimum Gasteiger partial charge on any atom is -0.338 e. The Labute approximate surface area is 188 Å². The zero-order chi connectivity index (χ0) is 22.3. The van der Waals surface area contributed by atoms with Crippen LogP contribution >= 0.6 is 0 Å². The van der Waals surface area contributed by atoms with Gasteiger partial charge in [0.15, 0.2) is 0 Å². The van der Waals surface area contributed by atoms with Gasteiger partial charge < -0.3 is 15.5 Å². The Morgan fingerprint density at radius 3 is 2.59 bits per heavy atom. The summed E-state index contributed by atoms with van der Waals surface area (Å²) in [5.74, 6) is 0.737. The first-order valence-electron chi connectivity index (χ1n) is 11.4. The number of carbonyl (C=O) groups is 2. The van der Waals surface area contributed by atoms with Crippen molar-refractivity contribution in [2.45, 2.75) is 50.2 Å². The number of amides is 2. The number of fused-ring (bicyclic) bond motifs is 4. The first-order valence-corrected chi connectivity index (χ1v) is 11.4. The molecule has 1 saturated carbocycles. The highest BCUT2D eigenvalue weighted by Crippen LogP contribution is 2.37. The lowest BCUT2D eigenvalue weighted by atomic mass is 9.71. The molecule has 1 unspecified atom stereocenters. The van der Waals surface area contributed by atoms with Crippen molar-refractivity contribution in [1.82, 2.24) is 15.5 Å². The van der Waals surface area contributed by atoms with Crippen molar-refractivity contribution in [3.63, 3.8) is 0 Å². The number of nitriles is 1. The Hall–Kier alpha value is -3.17. The number of nitrogens with one attached hydrogen (secondary N) is 2. The van der Waals surface area contributed by atoms with E-state index in [1.165, 1.54) is 0 Å². The topological polar surface area (TPSA) is 85.2 Å². The van der Waals surface area contributed by atoms with Gasteiger partial charge in [0.2, 0.25) is 5.91 Å². The van der Waals surface area contributed by atoms with E-state index in [0.717, 1.165) is 60.0 Å². The lowest BCUT2D eigenvalue weighted by Gasteiger charge is -2.46. The number of hydrogen-bond acceptors (Lipinski definition) is 4. The van der Waals surface area contributed by atoms with Crippen LogP contribution in [0.2, 0.25) is 0 Å². The molecule has 2 bridgehead atoms. The van der Waals surface area contributed by atoms with Crippen LogP contribution in [0.25, 0.3) is 11.1 Å². The largest absolute Gasteiger partial charge is 0.338 e. The van der Waals surface area contributed by atoms with Gasteiger partial charge >= 0.3 is 0 Å². The minimum atomic E-state index is -0.550. The molecule has 0 spiro atoms. The van der Waals surface area contributed by atoms with Crippen LogP contribution in [0.5, 0.6) is 0 Å². The number of hydrogen-bond donors (Lipinski definition) is 2. The second-order valence-electron chi connectivity index (χ2n) is 9.50. The van der Waals surface area contributed by atoms with Crippen LogP contribution in [0.1, 0.15) is 47.2 Å². The van der Waals surface area contributed by atoms with E-state index in [9.17, 15) is 14.9 Å². The summed E-state index contributed by atoms with van der Waals surface area (Å²) < 4.78 is 0. The third-order valence-corrected chi connectivity index (χ3v) is 7.40. The lowest BCUT2D eigenvalue weighted by Crippen LogP contribution is -2.64. The van der Waals surface area contributed by atoms with Crippen LogP contribution < -0.4 is 10.6 Å². The Kier molecular flexibility index (Phi) is 5.22. The van der Waals surface area contributed by atoms with Crippen LogP contribution in [0.4, 0.5) is 0 Å². The normalized spacial score (nSPS) is 24.7. The molecule has 2 amide bonds. The van der Waals surface area contributed by atoms with Crippen molar-refractivity contribution >= 4 is 11.8 Å². The number of piperidine rings is 2. The summed E-state index contributed by atoms with van der Waals surface area (Å²) in [7, 11) is 1.82. The molecule has 32 heavy (non-hydrogen) atoms. The molecule has 6 nitrogen and oxygen atoms in total. The number of nitrogens with zero attached hydrogens (tertiary/aromatic N) is 2. The first-order chi connectivity index (χ1) is 15.5. The van der Waals surface area contributed by atoms with Gasteiger partial charge in [0.1, 0.15) is 6.04 Å². The fourth-order valence-corrected chi connectivity index (χ4v) is 5.34. The van der Waals surface area contributed by atoms with Gasteiger partial charge in [0.05, 0.1) is 11.6 Å². The molecule has 6 heteroatoms. The van der Waals surface area contributed by atoms with Crippen LogP contribution in [-0.2, 0) is 17.8 Å². The summed E-state index contributed by atoms with van der Waals surface area (Å²) in [6, 6.07) is 15.8. The van der Waals surface area contributed by atoms with E-state index in [0.29, 0.717) is 18.9 Å². The third kappa shape index (κ3) is 3.67. The molecule has 2 aromatic rings. The van der Waals surface area contributed by atoms with Crippen LogP contribution in [0, 0.1) is 17.2 Å². The predicted molar refractivity (Wildman–Crippen MR) is 122 cm³/mol. The molecule has 1 aliphatic carbocycles. The zero-order valence-electron chi connectivity index (χ0n) is 18.4. The molecule has 3 aliphatic heterocycles. The summed E-state index contributed by atoms with van der Waals surface area (Å²) in [5.41, 5.74) is 4.49. The van der Waals surface area contributed by atoms with Gasteiger partial charge in [-0.25, -0.2) is 0 Å². The van der Waals surface area contributed by atoms with Gasteiger partial charge in [-0.05, 0) is 72.5 Å². The maximum atomic E-state index is 13.0. The SMILES string of the molecule is CN1Cc2cc(-c3ccc(CC(C#N)NC(=O)C45CCC(CC4)CN5)cc3)ccc2C1=O. The van der Waals surface area contributed by atoms with Gasteiger partial charge in [0.25, 0.3) is 5.91 Å². The fraction of sp³-hybridized carbons (Fsp3) is 0.423. The molecule has 164 valence electrons. The van der Waals surface area contributed by atoms with E-state index in [-0.39, 0.29) is 11.8 Å². The molecular formula is C26H28N4O2. The van der Waals surface area contributed by atoms with Gasteiger partial charge in [-0.3, -0.25) is 9.59 Å². The van der Waals surface area contributed by atoms with Crippen molar-refractivity contribution in [1.29, 1.82) is 5.26 Å². The molecule has 2 aromatic carbocycles. The second-order valence-corrected chi connectivity index (χ2v) is 9.50. The summed E-state index contributed by atoms with van der Waals surface area (Å²) in [6.07, 6.45) is 4.38. The van der Waals surface area contributed by atoms with E-state index in [1.54, 1.807) is 4.90 Å². The van der Waals surface area contributed by atoms with Crippen LogP contribution in [0.3, 0.4) is 0 Å². The highest BCUT2D eigenvalue weighted by Gasteiger charge is 2.46. The van der Waals surface area contributed by atoms with Crippen LogP contribution in [-0.4, -0.2) is 41.9 Å². The summed E-state index contributed by atoms with van der Waals surface area (Å²) in [5, 5.41) is 16.1. The van der Waals surface area contributed by atoms with Gasteiger partial charge in [0, 0.05) is 25.6 Å². The highest BCUT2D eigenvalue weighted by molar-refractivity contribution is 5.98. The Morgan fingerprint density at radius 2 is 1.94 bits per heavy atom. The molecule has 6 rings (SSSR count). The molecule has 4 aliphatic rings. The molecular weight excluding hydrogens is 400 g/mol. The Balaban J connectivity index is 1.25. The van der Waals surface area contributed by atoms with Crippen molar-refractivity contribution < 1.29 is 9.59 Å². The minimum absolute atomic E-state index is 0.0310. The maximum absolute atomic E-state index is 13.0. The standard InChI is InChI=1S/C26H28N4O2/c1-30-16-21-13-20(6-7-23(21)24(30)31)19-4-2-17(3-5-19)12-22(14-27)29-25(32)26-10-8-18(9-11-26)15-28-26/h2-7,13,18,22,28H,8-12,15-16H2,1H3,(H,29,32). The predicted octanol–water partition coefficient (Wildman–Crippen LogP) is 3.02. The van der Waals surface area contributed by atoms with E-state index in [4.69, 9.17) is 0 Å². The molecule has 1 atom stereocenters. The van der Waals surface area contributed by atoms with E-state index in [1.807, 2.05) is 43.4 Å².